The molecule has 0 aliphatic rings. The number of benzene rings is 3. The lowest BCUT2D eigenvalue weighted by Crippen LogP contribution is -2.52. The number of nitrogens with one attached hydrogen (secondary N) is 1. The van der Waals surface area contributed by atoms with Crippen molar-refractivity contribution in [2.75, 3.05) is 10.8 Å². The molecule has 0 saturated heterocycles. The zero-order valence-corrected chi connectivity index (χ0v) is 26.1. The zero-order valence-electron chi connectivity index (χ0n) is 23.7. The third-order valence-electron chi connectivity index (χ3n) is 6.76. The fourth-order valence-corrected chi connectivity index (χ4v) is 5.94. The minimum atomic E-state index is -4.74. The van der Waals surface area contributed by atoms with Crippen molar-refractivity contribution in [2.45, 2.75) is 63.8 Å². The molecule has 3 aromatic carbocycles. The summed E-state index contributed by atoms with van der Waals surface area (Å²) in [6.45, 7) is 6.10. The van der Waals surface area contributed by atoms with Gasteiger partial charge in [-0.05, 0) is 75.2 Å². The molecular weight excluding hydrogens is 635 g/mol. The summed E-state index contributed by atoms with van der Waals surface area (Å²) in [5.74, 6) is -1.21. The minimum Gasteiger partial charge on any atom is -0.352 e. The quantitative estimate of drug-likeness (QED) is 0.260. The van der Waals surface area contributed by atoms with Gasteiger partial charge in [0, 0.05) is 17.1 Å². The fourth-order valence-electron chi connectivity index (χ4n) is 4.08. The summed E-state index contributed by atoms with van der Waals surface area (Å²) in [6.07, 6.45) is -4.09. The van der Waals surface area contributed by atoms with Crippen LogP contribution in [0.2, 0.25) is 0 Å². The Labute approximate surface area is 252 Å². The van der Waals surface area contributed by atoms with Crippen LogP contribution in [0.5, 0.6) is 0 Å². The van der Waals surface area contributed by atoms with E-state index in [1.165, 1.54) is 30.0 Å². The van der Waals surface area contributed by atoms with Gasteiger partial charge in [0.15, 0.2) is 0 Å². The average molecular weight is 669 g/mol. The lowest BCUT2D eigenvalue weighted by atomic mass is 10.1. The number of rotatable bonds is 11. The topological polar surface area (TPSA) is 86.8 Å². The van der Waals surface area contributed by atoms with Crippen molar-refractivity contribution in [3.63, 3.8) is 0 Å². The second kappa shape index (κ2) is 13.7. The van der Waals surface area contributed by atoms with Gasteiger partial charge in [-0.3, -0.25) is 13.9 Å². The molecule has 0 bridgehead atoms. The van der Waals surface area contributed by atoms with Crippen molar-refractivity contribution in [2.24, 2.45) is 0 Å². The number of halogens is 4. The Hall–Kier alpha value is -3.38. The lowest BCUT2D eigenvalue weighted by molar-refractivity contribution is -0.139. The van der Waals surface area contributed by atoms with Crippen molar-refractivity contribution >= 4 is 43.5 Å². The van der Waals surface area contributed by atoms with Crippen LogP contribution in [-0.4, -0.2) is 43.8 Å². The predicted octanol–water partition coefficient (Wildman–Crippen LogP) is 6.30. The number of hydrogen-bond donors (Lipinski definition) is 1. The highest BCUT2D eigenvalue weighted by Crippen LogP contribution is 2.33. The lowest BCUT2D eigenvalue weighted by Gasteiger charge is -2.32. The number of sulfonamides is 1. The summed E-state index contributed by atoms with van der Waals surface area (Å²) in [4.78, 5) is 28.1. The Morgan fingerprint density at radius 3 is 2.21 bits per heavy atom. The van der Waals surface area contributed by atoms with Gasteiger partial charge in [0.25, 0.3) is 10.0 Å². The van der Waals surface area contributed by atoms with E-state index in [9.17, 15) is 31.2 Å². The number of hydrogen-bond acceptors (Lipinski definition) is 4. The molecule has 0 unspecified atom stereocenters. The van der Waals surface area contributed by atoms with Gasteiger partial charge in [-0.15, -0.1) is 0 Å². The largest absolute Gasteiger partial charge is 0.416 e. The predicted molar refractivity (Wildman–Crippen MR) is 159 cm³/mol. The maximum Gasteiger partial charge on any atom is 0.416 e. The highest BCUT2D eigenvalue weighted by molar-refractivity contribution is 9.10. The van der Waals surface area contributed by atoms with E-state index in [0.717, 1.165) is 22.2 Å². The monoisotopic (exact) mass is 667 g/mol. The van der Waals surface area contributed by atoms with E-state index in [0.29, 0.717) is 22.4 Å². The van der Waals surface area contributed by atoms with E-state index in [4.69, 9.17) is 0 Å². The molecule has 0 saturated carbocycles. The third kappa shape index (κ3) is 8.34. The van der Waals surface area contributed by atoms with Gasteiger partial charge in [0.2, 0.25) is 11.8 Å². The van der Waals surface area contributed by atoms with Crippen LogP contribution in [0.15, 0.2) is 82.2 Å². The first-order chi connectivity index (χ1) is 19.6. The number of alkyl halides is 3. The van der Waals surface area contributed by atoms with Crippen molar-refractivity contribution in [1.82, 2.24) is 10.2 Å². The number of aryl methyl sites for hydroxylation is 1. The standard InChI is InChI=1S/C30H33BrF3N3O4S/c1-5-21(3)35-29(39)22(4)36(18-23-8-6-10-25(31)16-23)28(38)19-37(26-11-7-9-24(17-26)30(32,33)34)42(40,41)27-14-12-20(2)13-15-27/h6-17,21-22H,5,18-19H2,1-4H3,(H,35,39)/t21-,22-/m0/s1. The normalized spacial score (nSPS) is 13.2. The molecule has 0 aliphatic heterocycles. The molecule has 3 rings (SSSR count). The zero-order chi connectivity index (χ0) is 31.2. The van der Waals surface area contributed by atoms with E-state index >= 15 is 0 Å². The first kappa shape index (κ1) is 33.1. The van der Waals surface area contributed by atoms with Gasteiger partial charge in [0.05, 0.1) is 16.1 Å². The number of amides is 2. The first-order valence-corrected chi connectivity index (χ1v) is 15.5. The molecule has 1 N–H and O–H groups in total. The molecule has 0 aromatic heterocycles. The Bertz CT molecular complexity index is 1510. The second-order valence-electron chi connectivity index (χ2n) is 10.0. The van der Waals surface area contributed by atoms with Crippen LogP contribution in [0.1, 0.15) is 43.9 Å². The fraction of sp³-hybridized carbons (Fsp3) is 0.333. The SMILES string of the molecule is CC[C@H](C)NC(=O)[C@H](C)N(Cc1cccc(Br)c1)C(=O)CN(c1cccc(C(F)(F)F)c1)S(=O)(=O)c1ccc(C)cc1. The number of nitrogens with zero attached hydrogens (tertiary/aromatic N) is 2. The molecule has 42 heavy (non-hydrogen) atoms. The van der Waals surface area contributed by atoms with Gasteiger partial charge in [-0.2, -0.15) is 13.2 Å². The maximum atomic E-state index is 13.9. The molecule has 0 fully saturated rings. The highest BCUT2D eigenvalue weighted by Gasteiger charge is 2.35. The highest BCUT2D eigenvalue weighted by atomic mass is 79.9. The molecule has 0 aliphatic carbocycles. The minimum absolute atomic E-state index is 0.0472. The molecule has 3 aromatic rings. The smallest absolute Gasteiger partial charge is 0.352 e. The molecule has 0 radical (unpaired) electrons. The summed E-state index contributed by atoms with van der Waals surface area (Å²) in [6, 6.07) is 15.4. The summed E-state index contributed by atoms with van der Waals surface area (Å²) >= 11 is 3.39. The summed E-state index contributed by atoms with van der Waals surface area (Å²) in [5, 5.41) is 2.83. The van der Waals surface area contributed by atoms with Gasteiger partial charge in [-0.1, -0.05) is 58.7 Å². The Morgan fingerprint density at radius 2 is 1.62 bits per heavy atom. The Kier molecular flexibility index (Phi) is 10.8. The summed E-state index contributed by atoms with van der Waals surface area (Å²) < 4.78 is 69.9. The van der Waals surface area contributed by atoms with E-state index in [2.05, 4.69) is 21.2 Å². The molecule has 0 heterocycles. The van der Waals surface area contributed by atoms with Crippen LogP contribution >= 0.6 is 15.9 Å². The summed E-state index contributed by atoms with van der Waals surface area (Å²) in [7, 11) is -4.50. The van der Waals surface area contributed by atoms with E-state index in [-0.39, 0.29) is 23.2 Å². The number of anilines is 1. The molecule has 226 valence electrons. The Balaban J connectivity index is 2.09. The van der Waals surface area contributed by atoms with Crippen molar-refractivity contribution in [3.05, 3.63) is 94.0 Å². The Morgan fingerprint density at radius 1 is 0.976 bits per heavy atom. The molecule has 2 atom stereocenters. The number of carbonyl (C=O) groups excluding carboxylic acids is 2. The average Bonchev–Trinajstić information content (AvgIpc) is 2.93. The van der Waals surface area contributed by atoms with Crippen molar-refractivity contribution in [1.29, 1.82) is 0 Å². The first-order valence-electron chi connectivity index (χ1n) is 13.2. The molecular formula is C30H33BrF3N3O4S. The molecule has 12 heteroatoms. The second-order valence-corrected chi connectivity index (χ2v) is 12.8. The summed E-state index contributed by atoms with van der Waals surface area (Å²) in [5.41, 5.74) is 0.0339. The van der Waals surface area contributed by atoms with Crippen LogP contribution in [-0.2, 0) is 32.3 Å². The van der Waals surface area contributed by atoms with Crippen LogP contribution in [0, 0.1) is 6.92 Å². The van der Waals surface area contributed by atoms with E-state index in [1.807, 2.05) is 13.8 Å². The van der Waals surface area contributed by atoms with Gasteiger partial charge in [0.1, 0.15) is 12.6 Å². The van der Waals surface area contributed by atoms with E-state index in [1.54, 1.807) is 43.3 Å². The van der Waals surface area contributed by atoms with Crippen LogP contribution < -0.4 is 9.62 Å². The van der Waals surface area contributed by atoms with Gasteiger partial charge in [-0.25, -0.2) is 8.42 Å². The maximum absolute atomic E-state index is 13.9. The molecule has 7 nitrogen and oxygen atoms in total. The molecule has 0 spiro atoms. The number of carbonyl (C=O) groups is 2. The van der Waals surface area contributed by atoms with Gasteiger partial charge >= 0.3 is 6.18 Å². The van der Waals surface area contributed by atoms with E-state index < -0.39 is 46.2 Å². The molecule has 2 amide bonds. The van der Waals surface area contributed by atoms with Crippen molar-refractivity contribution < 1.29 is 31.2 Å². The van der Waals surface area contributed by atoms with Gasteiger partial charge < -0.3 is 10.2 Å². The van der Waals surface area contributed by atoms with Crippen LogP contribution in [0.4, 0.5) is 18.9 Å². The van der Waals surface area contributed by atoms with Crippen LogP contribution in [0.3, 0.4) is 0 Å². The third-order valence-corrected chi connectivity index (χ3v) is 9.04. The van der Waals surface area contributed by atoms with Crippen LogP contribution in [0.25, 0.3) is 0 Å². The van der Waals surface area contributed by atoms with Crippen molar-refractivity contribution in [3.8, 4) is 0 Å².